The summed E-state index contributed by atoms with van der Waals surface area (Å²) in [7, 11) is -8.74. The first-order valence-electron chi connectivity index (χ1n) is 4.41. The van der Waals surface area contributed by atoms with E-state index in [1.807, 2.05) is 4.72 Å². The minimum absolute atomic E-state index is 0.322. The number of rotatable bonds is 5. The lowest BCUT2D eigenvalue weighted by Gasteiger charge is -2.08. The van der Waals surface area contributed by atoms with Gasteiger partial charge >= 0.3 is 10.2 Å². The lowest BCUT2D eigenvalue weighted by atomic mass is 10.3. The fourth-order valence-corrected chi connectivity index (χ4v) is 2.72. The van der Waals surface area contributed by atoms with Crippen LogP contribution in [0.15, 0.2) is 41.8 Å². The van der Waals surface area contributed by atoms with Crippen LogP contribution in [0.1, 0.15) is 0 Å². The van der Waals surface area contributed by atoms with Crippen LogP contribution >= 0.6 is 0 Å². The van der Waals surface area contributed by atoms with Crippen molar-refractivity contribution >= 4 is 25.9 Å². The van der Waals surface area contributed by atoms with Gasteiger partial charge in [0, 0.05) is 0 Å². The molecular formula is C9H10FNO4S2. The third kappa shape index (κ3) is 3.82. The van der Waals surface area contributed by atoms with E-state index in [-0.39, 0.29) is 5.69 Å². The number of hydrogen-bond acceptors (Lipinski definition) is 4. The van der Waals surface area contributed by atoms with Gasteiger partial charge < -0.3 is 0 Å². The van der Waals surface area contributed by atoms with Crippen molar-refractivity contribution in [2.75, 3.05) is 10.5 Å². The molecule has 0 aliphatic rings. The Balaban J connectivity index is 3.21. The maximum atomic E-state index is 12.9. The molecule has 0 spiro atoms. The highest BCUT2D eigenvalue weighted by atomic mass is 32.3. The molecule has 1 N–H and O–H groups in total. The van der Waals surface area contributed by atoms with Crippen LogP contribution in [0.2, 0.25) is 0 Å². The van der Waals surface area contributed by atoms with E-state index in [1.165, 1.54) is 12.1 Å². The van der Waals surface area contributed by atoms with Gasteiger partial charge in [0.15, 0.2) is 0 Å². The van der Waals surface area contributed by atoms with Crippen molar-refractivity contribution in [3.8, 4) is 0 Å². The topological polar surface area (TPSA) is 80.3 Å². The first-order valence-corrected chi connectivity index (χ1v) is 7.45. The molecule has 8 heteroatoms. The van der Waals surface area contributed by atoms with E-state index in [1.54, 1.807) is 0 Å². The Morgan fingerprint density at radius 2 is 1.82 bits per heavy atom. The van der Waals surface area contributed by atoms with Crippen LogP contribution in [0.4, 0.5) is 9.57 Å². The Morgan fingerprint density at radius 1 is 1.24 bits per heavy atom. The van der Waals surface area contributed by atoms with Crippen molar-refractivity contribution in [2.24, 2.45) is 0 Å². The summed E-state index contributed by atoms with van der Waals surface area (Å²) in [4.78, 5) is -0.715. The molecule has 0 saturated heterocycles. The normalized spacial score (nSPS) is 12.1. The summed E-state index contributed by atoms with van der Waals surface area (Å²) < 4.78 is 59.1. The van der Waals surface area contributed by atoms with Gasteiger partial charge in [-0.1, -0.05) is 18.2 Å². The van der Waals surface area contributed by atoms with Gasteiger partial charge in [0.05, 0.1) is 11.4 Å². The number of benzene rings is 1. The van der Waals surface area contributed by atoms with Gasteiger partial charge in [-0.3, -0.25) is 4.72 Å². The van der Waals surface area contributed by atoms with E-state index in [4.69, 9.17) is 0 Å². The molecule has 0 fully saturated rings. The number of sulfonamides is 1. The van der Waals surface area contributed by atoms with Crippen LogP contribution in [0, 0.1) is 0 Å². The van der Waals surface area contributed by atoms with Crippen molar-refractivity contribution < 1.29 is 20.7 Å². The number of halogens is 1. The maximum absolute atomic E-state index is 12.9. The van der Waals surface area contributed by atoms with E-state index in [0.717, 1.165) is 18.2 Å². The molecule has 0 aliphatic heterocycles. The highest BCUT2D eigenvalue weighted by Crippen LogP contribution is 2.23. The molecule has 0 unspecified atom stereocenters. The molecule has 94 valence electrons. The lowest BCUT2D eigenvalue weighted by molar-refractivity contribution is 0.552. The van der Waals surface area contributed by atoms with Gasteiger partial charge in [-0.05, 0) is 12.1 Å². The second-order valence-corrected chi connectivity index (χ2v) is 6.19. The van der Waals surface area contributed by atoms with E-state index in [0.29, 0.717) is 0 Å². The van der Waals surface area contributed by atoms with Crippen LogP contribution in [0.3, 0.4) is 0 Å². The highest BCUT2D eigenvalue weighted by Gasteiger charge is 2.19. The van der Waals surface area contributed by atoms with E-state index in [9.17, 15) is 20.7 Å². The zero-order chi connectivity index (χ0) is 13.1. The second-order valence-electron chi connectivity index (χ2n) is 3.11. The van der Waals surface area contributed by atoms with E-state index >= 15 is 0 Å². The summed E-state index contributed by atoms with van der Waals surface area (Å²) >= 11 is 0. The maximum Gasteiger partial charge on any atom is 0.334 e. The molecule has 1 aromatic rings. The molecule has 1 aromatic carbocycles. The van der Waals surface area contributed by atoms with Gasteiger partial charge in [-0.2, -0.15) is 8.42 Å². The van der Waals surface area contributed by atoms with Crippen molar-refractivity contribution in [1.29, 1.82) is 0 Å². The monoisotopic (exact) mass is 279 g/mol. The lowest BCUT2D eigenvalue weighted by Crippen LogP contribution is -2.16. The number of para-hydroxylation sites is 1. The average Bonchev–Trinajstić information content (AvgIpc) is 2.15. The number of hydrogen-bond donors (Lipinski definition) is 1. The Labute approximate surface area is 99.2 Å². The second kappa shape index (κ2) is 4.84. The molecular weight excluding hydrogens is 269 g/mol. The van der Waals surface area contributed by atoms with E-state index < -0.39 is 30.9 Å². The Kier molecular flexibility index (Phi) is 3.89. The Bertz CT molecular complexity index is 622. The summed E-state index contributed by atoms with van der Waals surface area (Å²) in [6.45, 7) is 3.25. The van der Waals surface area contributed by atoms with Gasteiger partial charge in [0.25, 0.3) is 0 Å². The van der Waals surface area contributed by atoms with Crippen LogP contribution in [-0.4, -0.2) is 22.6 Å². The van der Waals surface area contributed by atoms with Crippen LogP contribution < -0.4 is 4.72 Å². The number of nitrogens with one attached hydrogen (secondary N) is 1. The van der Waals surface area contributed by atoms with Crippen molar-refractivity contribution in [2.45, 2.75) is 4.90 Å². The Hall–Kier alpha value is -1.41. The third-order valence-electron chi connectivity index (χ3n) is 1.75. The SMILES string of the molecule is C=CCS(=O)(=O)Nc1ccccc1S(=O)(=O)F. The summed E-state index contributed by atoms with van der Waals surface area (Å²) in [5, 5.41) is 0. The highest BCUT2D eigenvalue weighted by molar-refractivity contribution is 7.93. The minimum Gasteiger partial charge on any atom is -0.282 e. The standard InChI is InChI=1S/C9H10FNO4S2/c1-2-7-16(12,13)11-8-5-3-4-6-9(8)17(10,14)15/h2-6,11H,1,7H2. The smallest absolute Gasteiger partial charge is 0.282 e. The van der Waals surface area contributed by atoms with Gasteiger partial charge in [-0.15, -0.1) is 10.5 Å². The van der Waals surface area contributed by atoms with Crippen molar-refractivity contribution in [3.05, 3.63) is 36.9 Å². The number of anilines is 1. The Morgan fingerprint density at radius 3 is 2.35 bits per heavy atom. The molecule has 17 heavy (non-hydrogen) atoms. The quantitative estimate of drug-likeness (QED) is 0.650. The molecule has 1 rings (SSSR count). The summed E-state index contributed by atoms with van der Waals surface area (Å²) in [5.41, 5.74) is -0.322. The van der Waals surface area contributed by atoms with Crippen molar-refractivity contribution in [3.63, 3.8) is 0 Å². The first kappa shape index (κ1) is 13.7. The van der Waals surface area contributed by atoms with Crippen LogP contribution in [0.25, 0.3) is 0 Å². The summed E-state index contributed by atoms with van der Waals surface area (Å²) in [6.07, 6.45) is 1.13. The zero-order valence-electron chi connectivity index (χ0n) is 8.63. The largest absolute Gasteiger partial charge is 0.334 e. The van der Waals surface area contributed by atoms with Crippen LogP contribution in [0.5, 0.6) is 0 Å². The zero-order valence-corrected chi connectivity index (χ0v) is 10.3. The fourth-order valence-electron chi connectivity index (χ4n) is 1.13. The molecule has 0 amide bonds. The summed E-state index contributed by atoms with van der Waals surface area (Å²) in [6, 6.07) is 4.81. The molecule has 0 aromatic heterocycles. The fraction of sp³-hybridized carbons (Fsp3) is 0.111. The summed E-state index contributed by atoms with van der Waals surface area (Å²) in [5.74, 6) is -0.395. The third-order valence-corrected chi connectivity index (χ3v) is 3.84. The molecule has 0 aliphatic carbocycles. The minimum atomic E-state index is -4.97. The average molecular weight is 279 g/mol. The van der Waals surface area contributed by atoms with Gasteiger partial charge in [0.1, 0.15) is 4.90 Å². The van der Waals surface area contributed by atoms with Gasteiger partial charge in [-0.25, -0.2) is 8.42 Å². The molecule has 0 atom stereocenters. The van der Waals surface area contributed by atoms with Crippen molar-refractivity contribution in [1.82, 2.24) is 0 Å². The molecule has 5 nitrogen and oxygen atoms in total. The molecule has 0 heterocycles. The molecule has 0 saturated carbocycles. The predicted octanol–water partition coefficient (Wildman–Crippen LogP) is 1.27. The van der Waals surface area contributed by atoms with Gasteiger partial charge in [0.2, 0.25) is 10.0 Å². The van der Waals surface area contributed by atoms with E-state index in [2.05, 4.69) is 6.58 Å². The predicted molar refractivity (Wildman–Crippen MR) is 62.3 cm³/mol. The molecule has 0 radical (unpaired) electrons. The first-order chi connectivity index (χ1) is 7.76. The van der Waals surface area contributed by atoms with Crippen LogP contribution in [-0.2, 0) is 20.2 Å². The molecule has 0 bridgehead atoms.